The molecule has 0 heterocycles. The molecule has 0 unspecified atom stereocenters. The maximum atomic E-state index is 8.22. The van der Waals surface area contributed by atoms with E-state index in [4.69, 9.17) is 10.5 Å². The Kier molecular flexibility index (Phi) is 1.02. The molecule has 0 amide bonds. The first kappa shape index (κ1) is 4.87. The molecule has 0 bridgehead atoms. The summed E-state index contributed by atoms with van der Waals surface area (Å²) in [6.45, 7) is 0. The highest BCUT2D eigenvalue weighted by atomic mass is 14.3. The topological polar surface area (TPSA) is 47.6 Å². The summed E-state index contributed by atoms with van der Waals surface area (Å²) in [5, 5.41) is 16.4. The normalized spacial score (nSPS) is 14.1. The van der Waals surface area contributed by atoms with Crippen molar-refractivity contribution in [3.63, 3.8) is 0 Å². The zero-order valence-electron chi connectivity index (χ0n) is 4.26. The Labute approximate surface area is 47.7 Å². The van der Waals surface area contributed by atoms with Crippen LogP contribution in [0.15, 0.2) is 11.6 Å². The van der Waals surface area contributed by atoms with Crippen LogP contribution in [-0.2, 0) is 0 Å². The minimum atomic E-state index is -0.463. The smallest absolute Gasteiger partial charge is 0.154 e. The molecule has 0 atom stereocenters. The van der Waals surface area contributed by atoms with E-state index in [-0.39, 0.29) is 0 Å². The molecular weight excluding hydrogens is 100 g/mol. The SMILES string of the molecule is N#CC(C#N)C1=CC1. The lowest BCUT2D eigenvalue weighted by Crippen LogP contribution is -1.86. The predicted molar refractivity (Wildman–Crippen MR) is 27.4 cm³/mol. The number of nitriles is 2. The first-order valence-electron chi connectivity index (χ1n) is 2.36. The molecule has 0 aliphatic heterocycles. The van der Waals surface area contributed by atoms with Gasteiger partial charge in [0.05, 0.1) is 12.1 Å². The Bertz CT molecular complexity index is 188. The van der Waals surface area contributed by atoms with Crippen LogP contribution in [0.1, 0.15) is 6.42 Å². The highest BCUT2D eigenvalue weighted by Crippen LogP contribution is 2.26. The van der Waals surface area contributed by atoms with E-state index in [0.717, 1.165) is 12.0 Å². The van der Waals surface area contributed by atoms with Gasteiger partial charge in [0.25, 0.3) is 0 Å². The predicted octanol–water partition coefficient (Wildman–Crippen LogP) is 0.980. The molecule has 2 heteroatoms. The van der Waals surface area contributed by atoms with Gasteiger partial charge in [-0.2, -0.15) is 10.5 Å². The quantitative estimate of drug-likeness (QED) is 0.465. The van der Waals surface area contributed by atoms with Crippen LogP contribution < -0.4 is 0 Å². The third-order valence-electron chi connectivity index (χ3n) is 1.07. The van der Waals surface area contributed by atoms with Gasteiger partial charge >= 0.3 is 0 Å². The molecule has 1 rings (SSSR count). The van der Waals surface area contributed by atoms with Crippen LogP contribution in [0.5, 0.6) is 0 Å². The molecule has 0 aromatic carbocycles. The second-order valence-corrected chi connectivity index (χ2v) is 1.67. The van der Waals surface area contributed by atoms with Crippen molar-refractivity contribution in [3.8, 4) is 12.1 Å². The van der Waals surface area contributed by atoms with Gasteiger partial charge in [0.1, 0.15) is 0 Å². The Morgan fingerprint density at radius 1 is 1.50 bits per heavy atom. The Hall–Kier alpha value is -1.28. The Morgan fingerprint density at radius 2 is 2.00 bits per heavy atom. The van der Waals surface area contributed by atoms with E-state index in [1.54, 1.807) is 0 Å². The molecule has 0 fully saturated rings. The van der Waals surface area contributed by atoms with Gasteiger partial charge in [-0.05, 0) is 12.0 Å². The summed E-state index contributed by atoms with van der Waals surface area (Å²) in [4.78, 5) is 0. The van der Waals surface area contributed by atoms with Crippen LogP contribution in [0, 0.1) is 28.6 Å². The minimum absolute atomic E-state index is 0.463. The summed E-state index contributed by atoms with van der Waals surface area (Å²) in [6, 6.07) is 3.77. The van der Waals surface area contributed by atoms with Gasteiger partial charge in [-0.3, -0.25) is 0 Å². The van der Waals surface area contributed by atoms with Crippen molar-refractivity contribution in [3.05, 3.63) is 11.6 Å². The highest BCUT2D eigenvalue weighted by Gasteiger charge is 2.18. The molecule has 38 valence electrons. The maximum Gasteiger partial charge on any atom is 0.154 e. The van der Waals surface area contributed by atoms with Crippen LogP contribution in [0.25, 0.3) is 0 Å². The molecule has 0 saturated carbocycles. The number of rotatable bonds is 1. The fourth-order valence-corrected chi connectivity index (χ4v) is 0.489. The average molecular weight is 104 g/mol. The first-order chi connectivity index (χ1) is 3.88. The number of nitrogens with zero attached hydrogens (tertiary/aromatic N) is 2. The van der Waals surface area contributed by atoms with Gasteiger partial charge in [0.15, 0.2) is 5.92 Å². The lowest BCUT2D eigenvalue weighted by molar-refractivity contribution is 1.03. The molecule has 0 aromatic heterocycles. The molecular formula is C6H4N2. The third-order valence-corrected chi connectivity index (χ3v) is 1.07. The molecule has 1 aliphatic carbocycles. The van der Waals surface area contributed by atoms with E-state index in [0.29, 0.717) is 0 Å². The average Bonchev–Trinajstić information content (AvgIpc) is 2.53. The van der Waals surface area contributed by atoms with E-state index in [9.17, 15) is 0 Å². The summed E-state index contributed by atoms with van der Waals surface area (Å²) in [7, 11) is 0. The maximum absolute atomic E-state index is 8.22. The van der Waals surface area contributed by atoms with Crippen molar-refractivity contribution in [1.82, 2.24) is 0 Å². The van der Waals surface area contributed by atoms with E-state index >= 15 is 0 Å². The van der Waals surface area contributed by atoms with Crippen molar-refractivity contribution in [2.24, 2.45) is 5.92 Å². The zero-order valence-corrected chi connectivity index (χ0v) is 4.26. The van der Waals surface area contributed by atoms with Crippen LogP contribution in [0.4, 0.5) is 0 Å². The van der Waals surface area contributed by atoms with Crippen LogP contribution in [-0.4, -0.2) is 0 Å². The van der Waals surface area contributed by atoms with Gasteiger partial charge in [0.2, 0.25) is 0 Å². The van der Waals surface area contributed by atoms with Crippen molar-refractivity contribution >= 4 is 0 Å². The first-order valence-corrected chi connectivity index (χ1v) is 2.36. The lowest BCUT2D eigenvalue weighted by atomic mass is 10.1. The lowest BCUT2D eigenvalue weighted by Gasteiger charge is -1.83. The van der Waals surface area contributed by atoms with Gasteiger partial charge in [-0.25, -0.2) is 0 Å². The monoisotopic (exact) mass is 104 g/mol. The summed E-state index contributed by atoms with van der Waals surface area (Å²) in [6.07, 6.45) is 2.77. The molecule has 0 saturated heterocycles. The molecule has 0 aromatic rings. The van der Waals surface area contributed by atoms with Crippen LogP contribution in [0.2, 0.25) is 0 Å². The molecule has 0 radical (unpaired) electrons. The second kappa shape index (κ2) is 1.68. The number of hydrogen-bond acceptors (Lipinski definition) is 2. The van der Waals surface area contributed by atoms with Crippen LogP contribution >= 0.6 is 0 Å². The van der Waals surface area contributed by atoms with Gasteiger partial charge in [-0.15, -0.1) is 0 Å². The van der Waals surface area contributed by atoms with Crippen molar-refractivity contribution in [2.45, 2.75) is 6.42 Å². The summed E-state index contributed by atoms with van der Waals surface area (Å²) >= 11 is 0. The van der Waals surface area contributed by atoms with Crippen molar-refractivity contribution < 1.29 is 0 Å². The van der Waals surface area contributed by atoms with E-state index in [2.05, 4.69) is 0 Å². The van der Waals surface area contributed by atoms with Crippen molar-refractivity contribution in [1.29, 1.82) is 10.5 Å². The second-order valence-electron chi connectivity index (χ2n) is 1.67. The molecule has 1 aliphatic rings. The number of allylic oxidation sites excluding steroid dienone is 2. The van der Waals surface area contributed by atoms with E-state index in [1.807, 2.05) is 18.2 Å². The van der Waals surface area contributed by atoms with Gasteiger partial charge < -0.3 is 0 Å². The number of hydrogen-bond donors (Lipinski definition) is 0. The standard InChI is InChI=1S/C6H4N2/c7-3-6(4-8)5-1-2-5/h1,6H,2H2. The molecule has 2 nitrogen and oxygen atoms in total. The summed E-state index contributed by atoms with van der Waals surface area (Å²) < 4.78 is 0. The van der Waals surface area contributed by atoms with Gasteiger partial charge in [0, 0.05) is 0 Å². The molecule has 0 N–H and O–H groups in total. The van der Waals surface area contributed by atoms with E-state index < -0.39 is 5.92 Å². The Balaban J connectivity index is 2.57. The fourth-order valence-electron chi connectivity index (χ4n) is 0.489. The summed E-state index contributed by atoms with van der Waals surface area (Å²) in [5.74, 6) is -0.463. The summed E-state index contributed by atoms with van der Waals surface area (Å²) in [5.41, 5.74) is 0.981. The highest BCUT2D eigenvalue weighted by molar-refractivity contribution is 5.34. The van der Waals surface area contributed by atoms with Gasteiger partial charge in [-0.1, -0.05) is 6.08 Å². The zero-order chi connectivity index (χ0) is 5.98. The van der Waals surface area contributed by atoms with E-state index in [1.165, 1.54) is 0 Å². The molecule has 0 spiro atoms. The minimum Gasteiger partial charge on any atom is -0.197 e. The largest absolute Gasteiger partial charge is 0.197 e. The van der Waals surface area contributed by atoms with Crippen LogP contribution in [0.3, 0.4) is 0 Å². The van der Waals surface area contributed by atoms with Crippen molar-refractivity contribution in [2.75, 3.05) is 0 Å². The third kappa shape index (κ3) is 0.691. The Morgan fingerprint density at radius 3 is 2.12 bits per heavy atom. The molecule has 8 heavy (non-hydrogen) atoms. The fraction of sp³-hybridized carbons (Fsp3) is 0.333.